The van der Waals surface area contributed by atoms with Crippen molar-refractivity contribution in [1.82, 2.24) is 10.6 Å². The van der Waals surface area contributed by atoms with Gasteiger partial charge in [0, 0.05) is 0 Å². The summed E-state index contributed by atoms with van der Waals surface area (Å²) in [7, 11) is 0. The minimum atomic E-state index is -2.26. The van der Waals surface area contributed by atoms with E-state index in [9.17, 15) is 60.7 Å². The highest BCUT2D eigenvalue weighted by Gasteiger charge is 2.39. The average molecular weight is 631 g/mol. The maximum Gasteiger partial charge on any atom is 0.234 e. The minimum absolute atomic E-state index is 0.122. The van der Waals surface area contributed by atoms with Gasteiger partial charge in [-0.15, -0.1) is 0 Å². The maximum absolute atomic E-state index is 12.9. The fourth-order valence-electron chi connectivity index (χ4n) is 4.33. The van der Waals surface area contributed by atoms with E-state index in [4.69, 9.17) is 10.2 Å². The quantitative estimate of drug-likeness (QED) is 0.0258. The topological polar surface area (TPSA) is 301 Å². The molecule has 0 aliphatic rings. The van der Waals surface area contributed by atoms with Gasteiger partial charge in [-0.2, -0.15) is 0 Å². The molecule has 0 fully saturated rings. The highest BCUT2D eigenvalue weighted by Crippen LogP contribution is 2.17. The zero-order chi connectivity index (χ0) is 33.1. The van der Waals surface area contributed by atoms with Gasteiger partial charge in [0.2, 0.25) is 11.8 Å². The number of amides is 2. The molecule has 0 bridgehead atoms. The Morgan fingerprint density at radius 1 is 0.488 bits per heavy atom. The summed E-state index contributed by atoms with van der Waals surface area (Å²) in [5.41, 5.74) is 0. The first kappa shape index (κ1) is 41.5. The lowest BCUT2D eigenvalue weighted by atomic mass is 9.96. The van der Waals surface area contributed by atoms with Gasteiger partial charge in [0.05, 0.1) is 13.2 Å². The Morgan fingerprint density at radius 2 is 0.814 bits per heavy atom. The van der Waals surface area contributed by atoms with Crippen LogP contribution in [0.2, 0.25) is 0 Å². The number of aliphatic hydroxyl groups is 12. The van der Waals surface area contributed by atoms with Crippen molar-refractivity contribution in [3.05, 3.63) is 0 Å². The molecule has 16 heteroatoms. The van der Waals surface area contributed by atoms with E-state index < -0.39 is 92.2 Å². The van der Waals surface area contributed by atoms with E-state index in [1.54, 1.807) is 0 Å². The van der Waals surface area contributed by atoms with Gasteiger partial charge in [-0.1, -0.05) is 71.1 Å². The number of nitrogens with one attached hydrogen (secondary N) is 2. The molecule has 0 aromatic rings. The molecule has 16 nitrogen and oxygen atoms in total. The van der Waals surface area contributed by atoms with Crippen molar-refractivity contribution in [2.75, 3.05) is 13.2 Å². The normalized spacial score (nSPS) is 19.7. The molecule has 0 saturated carbocycles. The summed E-state index contributed by atoms with van der Waals surface area (Å²) in [4.78, 5) is 25.8. The van der Waals surface area contributed by atoms with Crippen molar-refractivity contribution in [1.29, 1.82) is 0 Å². The van der Waals surface area contributed by atoms with Crippen LogP contribution in [0.5, 0.6) is 0 Å². The first-order chi connectivity index (χ1) is 20.2. The van der Waals surface area contributed by atoms with Crippen LogP contribution in [0.3, 0.4) is 0 Å². The van der Waals surface area contributed by atoms with Crippen molar-refractivity contribution in [2.45, 2.75) is 139 Å². The molecular formula is C27H54N2O14. The molecule has 2 amide bonds. The number of carbonyl (C=O) groups is 2. The summed E-state index contributed by atoms with van der Waals surface area (Å²) < 4.78 is 0. The largest absolute Gasteiger partial charge is 0.394 e. The van der Waals surface area contributed by atoms with Gasteiger partial charge < -0.3 is 71.9 Å². The molecule has 14 N–H and O–H groups in total. The molecule has 0 radical (unpaired) electrons. The maximum atomic E-state index is 12.9. The summed E-state index contributed by atoms with van der Waals surface area (Å²) in [5, 5.41) is 120. The van der Waals surface area contributed by atoms with Crippen molar-refractivity contribution >= 4 is 11.8 Å². The molecule has 2 unspecified atom stereocenters. The third kappa shape index (κ3) is 15.3. The van der Waals surface area contributed by atoms with Crippen LogP contribution < -0.4 is 10.6 Å². The van der Waals surface area contributed by atoms with Crippen LogP contribution in [0, 0.1) is 5.92 Å². The highest BCUT2D eigenvalue weighted by atomic mass is 16.4. The second kappa shape index (κ2) is 22.9. The second-order valence-corrected chi connectivity index (χ2v) is 10.9. The number of unbranched alkanes of at least 4 members (excludes halogenated alkanes) is 9. The summed E-state index contributed by atoms with van der Waals surface area (Å²) in [6.45, 7) is 0.177. The Balaban J connectivity index is 5.34. The standard InChI is InChI=1S/C27H54N2O14/c1-2-3-4-5-6-7-8-9-10-11-12-15(24(40)28-26(42)22(38)20(36)18(34)16(32)13-30)25(41)29-27(43)23(39)21(37)19(35)17(33)14-31/h15-23,26-27,30-39,42-43H,2-14H2,1H3,(H,28,40)(H,29,41)/t15?,16-,17-,18-,19-,20+,21+,22-,23-,26?,27?/m1/s1. The van der Waals surface area contributed by atoms with E-state index in [1.165, 1.54) is 12.8 Å². The molecule has 10 atom stereocenters. The van der Waals surface area contributed by atoms with Crippen LogP contribution in [-0.4, -0.2) is 148 Å². The van der Waals surface area contributed by atoms with Crippen LogP contribution in [0.25, 0.3) is 0 Å². The molecule has 43 heavy (non-hydrogen) atoms. The Morgan fingerprint density at radius 3 is 1.14 bits per heavy atom. The lowest BCUT2D eigenvalue weighted by Crippen LogP contribution is -2.58. The molecule has 0 aromatic carbocycles. The van der Waals surface area contributed by atoms with Crippen molar-refractivity contribution in [3.8, 4) is 0 Å². The molecular weight excluding hydrogens is 576 g/mol. The molecule has 0 aromatic heterocycles. The summed E-state index contributed by atoms with van der Waals surface area (Å²) >= 11 is 0. The Labute approximate surface area is 251 Å². The van der Waals surface area contributed by atoms with E-state index in [0.717, 1.165) is 38.5 Å². The number of hydrogen-bond donors (Lipinski definition) is 14. The lowest BCUT2D eigenvalue weighted by molar-refractivity contribution is -0.158. The van der Waals surface area contributed by atoms with Crippen molar-refractivity contribution < 1.29 is 70.9 Å². The number of aliphatic hydroxyl groups excluding tert-OH is 12. The number of rotatable bonds is 25. The van der Waals surface area contributed by atoms with Crippen LogP contribution in [0.15, 0.2) is 0 Å². The Bertz CT molecular complexity index is 702. The number of hydrogen-bond acceptors (Lipinski definition) is 14. The first-order valence-electron chi connectivity index (χ1n) is 14.9. The van der Waals surface area contributed by atoms with Crippen LogP contribution >= 0.6 is 0 Å². The van der Waals surface area contributed by atoms with Gasteiger partial charge >= 0.3 is 0 Å². The Kier molecular flexibility index (Phi) is 22.1. The van der Waals surface area contributed by atoms with Gasteiger partial charge in [-0.05, 0) is 6.42 Å². The molecule has 0 rings (SSSR count). The third-order valence-corrected chi connectivity index (χ3v) is 7.27. The van der Waals surface area contributed by atoms with Crippen LogP contribution in [-0.2, 0) is 9.59 Å². The predicted molar refractivity (Wildman–Crippen MR) is 150 cm³/mol. The summed E-state index contributed by atoms with van der Waals surface area (Å²) in [6.07, 6.45) is -12.0. The third-order valence-electron chi connectivity index (χ3n) is 7.27. The molecule has 0 spiro atoms. The zero-order valence-corrected chi connectivity index (χ0v) is 24.7. The van der Waals surface area contributed by atoms with Gasteiger partial charge in [0.15, 0.2) is 12.5 Å². The van der Waals surface area contributed by atoms with Gasteiger partial charge in [-0.25, -0.2) is 0 Å². The van der Waals surface area contributed by atoms with Crippen molar-refractivity contribution in [3.63, 3.8) is 0 Å². The fraction of sp³-hybridized carbons (Fsp3) is 0.926. The SMILES string of the molecule is CCCCCCCCCCCCC(C(=O)NC(O)[C@H](O)[C@@H](O)[C@H](O)[C@H](O)CO)C(=O)NC(O)[C@H](O)[C@@H](O)[C@H](O)[C@H](O)CO. The monoisotopic (exact) mass is 630 g/mol. The molecule has 0 heterocycles. The second-order valence-electron chi connectivity index (χ2n) is 10.9. The van der Waals surface area contributed by atoms with E-state index in [2.05, 4.69) is 6.92 Å². The lowest BCUT2D eigenvalue weighted by Gasteiger charge is -2.30. The molecule has 0 aliphatic carbocycles. The molecule has 0 saturated heterocycles. The van der Waals surface area contributed by atoms with E-state index in [-0.39, 0.29) is 6.42 Å². The Hall–Kier alpha value is -1.54. The van der Waals surface area contributed by atoms with Crippen LogP contribution in [0.4, 0.5) is 0 Å². The molecule has 0 aliphatic heterocycles. The van der Waals surface area contributed by atoms with Gasteiger partial charge in [0.25, 0.3) is 0 Å². The van der Waals surface area contributed by atoms with E-state index in [1.807, 2.05) is 10.6 Å². The van der Waals surface area contributed by atoms with E-state index >= 15 is 0 Å². The predicted octanol–water partition coefficient (Wildman–Crippen LogP) is -4.35. The molecule has 256 valence electrons. The highest BCUT2D eigenvalue weighted by molar-refractivity contribution is 6.00. The summed E-state index contributed by atoms with van der Waals surface area (Å²) in [5.74, 6) is -3.99. The first-order valence-corrected chi connectivity index (χ1v) is 14.9. The van der Waals surface area contributed by atoms with E-state index in [0.29, 0.717) is 12.8 Å². The van der Waals surface area contributed by atoms with Gasteiger partial charge in [0.1, 0.15) is 54.7 Å². The average Bonchev–Trinajstić information content (AvgIpc) is 3.00. The minimum Gasteiger partial charge on any atom is -0.394 e. The fourth-order valence-corrected chi connectivity index (χ4v) is 4.33. The zero-order valence-electron chi connectivity index (χ0n) is 24.7. The van der Waals surface area contributed by atoms with Crippen molar-refractivity contribution in [2.24, 2.45) is 5.92 Å². The smallest absolute Gasteiger partial charge is 0.234 e. The summed E-state index contributed by atoms with van der Waals surface area (Å²) in [6, 6.07) is 0. The number of carbonyl (C=O) groups excluding carboxylic acids is 2. The van der Waals surface area contributed by atoms with Gasteiger partial charge in [-0.3, -0.25) is 9.59 Å². The van der Waals surface area contributed by atoms with Crippen LogP contribution in [0.1, 0.15) is 77.6 Å².